The fourth-order valence-corrected chi connectivity index (χ4v) is 16.7. The fourth-order valence-electron chi connectivity index (χ4n) is 11.9. The normalized spacial score (nSPS) is 12.0. The van der Waals surface area contributed by atoms with Crippen LogP contribution in [0.3, 0.4) is 0 Å². The lowest BCUT2D eigenvalue weighted by Gasteiger charge is -2.34. The number of hydrogen-bond acceptors (Lipinski definition) is 0. The van der Waals surface area contributed by atoms with Gasteiger partial charge in [-0.1, -0.05) is 200 Å². The van der Waals surface area contributed by atoms with Crippen LogP contribution in [0.1, 0.15) is 0 Å². The first-order valence-corrected chi connectivity index (χ1v) is 26.2. The molecule has 0 radical (unpaired) electrons. The van der Waals surface area contributed by atoms with E-state index in [9.17, 15) is 0 Å². The SMILES string of the molecule is c1ccc(-n2c3ccccc3c3c(-c4cccc5c4c4ccccc4n5-c4ccc5c(c4)c4ccccc4n5-c4ccc([Si](c5ccccc5)(c5ccccc5)c5ccccc5)cc4)cccc32)cc1. The Bertz CT molecular complexity index is 4170. The summed E-state index contributed by atoms with van der Waals surface area (Å²) >= 11 is 0. The summed E-state index contributed by atoms with van der Waals surface area (Å²) in [5.41, 5.74) is 13.0. The van der Waals surface area contributed by atoms with E-state index in [4.69, 9.17) is 0 Å². The van der Waals surface area contributed by atoms with Gasteiger partial charge < -0.3 is 13.7 Å². The Balaban J connectivity index is 0.946. The summed E-state index contributed by atoms with van der Waals surface area (Å²) in [6.45, 7) is 0. The van der Waals surface area contributed by atoms with Crippen LogP contribution in [-0.2, 0) is 0 Å². The topological polar surface area (TPSA) is 14.8 Å². The Morgan fingerprint density at radius 1 is 0.214 bits per heavy atom. The van der Waals surface area contributed by atoms with Crippen molar-refractivity contribution < 1.29 is 0 Å². The van der Waals surface area contributed by atoms with Crippen molar-refractivity contribution >= 4 is 94.2 Å². The zero-order valence-electron chi connectivity index (χ0n) is 38.3. The minimum absolute atomic E-state index is 1.14. The Morgan fingerprint density at radius 2 is 0.557 bits per heavy atom. The van der Waals surface area contributed by atoms with Gasteiger partial charge in [0.1, 0.15) is 0 Å². The van der Waals surface area contributed by atoms with Gasteiger partial charge in [-0.3, -0.25) is 0 Å². The molecule has 3 aromatic heterocycles. The largest absolute Gasteiger partial charge is 0.309 e. The molecule has 14 rings (SSSR count). The van der Waals surface area contributed by atoms with Crippen LogP contribution >= 0.6 is 0 Å². The average Bonchev–Trinajstić information content (AvgIpc) is 4.08. The molecule has 0 N–H and O–H groups in total. The molecule has 0 aliphatic carbocycles. The number of para-hydroxylation sites is 4. The predicted octanol–water partition coefficient (Wildman–Crippen LogP) is 14.0. The van der Waals surface area contributed by atoms with Crippen LogP contribution in [0.2, 0.25) is 0 Å². The van der Waals surface area contributed by atoms with E-state index in [1.807, 2.05) is 0 Å². The zero-order chi connectivity index (χ0) is 46.2. The van der Waals surface area contributed by atoms with Gasteiger partial charge in [-0.2, -0.15) is 0 Å². The van der Waals surface area contributed by atoms with Crippen molar-refractivity contribution in [3.8, 4) is 28.2 Å². The molecule has 3 nitrogen and oxygen atoms in total. The summed E-state index contributed by atoms with van der Waals surface area (Å²) in [7, 11) is -2.68. The van der Waals surface area contributed by atoms with Crippen molar-refractivity contribution in [3.63, 3.8) is 0 Å². The lowest BCUT2D eigenvalue weighted by atomic mass is 9.95. The Hall–Kier alpha value is -8.96. The van der Waals surface area contributed by atoms with Gasteiger partial charge in [0.2, 0.25) is 0 Å². The third-order valence-corrected chi connectivity index (χ3v) is 19.6. The highest BCUT2D eigenvalue weighted by atomic mass is 28.3. The van der Waals surface area contributed by atoms with Crippen molar-refractivity contribution in [1.29, 1.82) is 0 Å². The van der Waals surface area contributed by atoms with E-state index in [1.165, 1.54) is 97.3 Å². The first-order chi connectivity index (χ1) is 34.8. The molecule has 0 spiro atoms. The fraction of sp³-hybridized carbons (Fsp3) is 0. The quantitative estimate of drug-likeness (QED) is 0.107. The van der Waals surface area contributed by atoms with E-state index >= 15 is 0 Å². The molecule has 11 aromatic carbocycles. The number of hydrogen-bond donors (Lipinski definition) is 0. The van der Waals surface area contributed by atoms with E-state index in [-0.39, 0.29) is 0 Å². The summed E-state index contributed by atoms with van der Waals surface area (Å²) in [4.78, 5) is 0. The van der Waals surface area contributed by atoms with Crippen molar-refractivity contribution in [1.82, 2.24) is 13.7 Å². The maximum Gasteiger partial charge on any atom is 0.179 e. The van der Waals surface area contributed by atoms with Gasteiger partial charge in [0.05, 0.1) is 33.1 Å². The second-order valence-corrected chi connectivity index (χ2v) is 22.2. The van der Waals surface area contributed by atoms with Gasteiger partial charge in [0.25, 0.3) is 0 Å². The summed E-state index contributed by atoms with van der Waals surface area (Å²) in [6.07, 6.45) is 0. The smallest absolute Gasteiger partial charge is 0.179 e. The molecule has 3 heterocycles. The maximum absolute atomic E-state index is 2.68. The van der Waals surface area contributed by atoms with E-state index in [1.54, 1.807) is 0 Å². The van der Waals surface area contributed by atoms with Crippen LogP contribution in [-0.4, -0.2) is 21.8 Å². The highest BCUT2D eigenvalue weighted by molar-refractivity contribution is 7.19. The molecule has 0 saturated carbocycles. The molecule has 70 heavy (non-hydrogen) atoms. The Labute approximate surface area is 407 Å². The van der Waals surface area contributed by atoms with Gasteiger partial charge in [0, 0.05) is 49.4 Å². The number of fused-ring (bicyclic) bond motifs is 9. The van der Waals surface area contributed by atoms with Gasteiger partial charge in [0.15, 0.2) is 8.07 Å². The zero-order valence-corrected chi connectivity index (χ0v) is 39.3. The first kappa shape index (κ1) is 40.1. The summed E-state index contributed by atoms with van der Waals surface area (Å²) in [5, 5.41) is 12.9. The van der Waals surface area contributed by atoms with Crippen molar-refractivity contribution in [2.24, 2.45) is 0 Å². The minimum Gasteiger partial charge on any atom is -0.309 e. The van der Waals surface area contributed by atoms with Gasteiger partial charge in [-0.25, -0.2) is 0 Å². The highest BCUT2D eigenvalue weighted by Crippen LogP contribution is 2.44. The van der Waals surface area contributed by atoms with E-state index in [0.29, 0.717) is 0 Å². The van der Waals surface area contributed by atoms with Gasteiger partial charge in [-0.15, -0.1) is 0 Å². The Morgan fingerprint density at radius 3 is 1.07 bits per heavy atom. The second kappa shape index (κ2) is 16.1. The summed E-state index contributed by atoms with van der Waals surface area (Å²) < 4.78 is 7.33. The molecule has 4 heteroatoms. The number of nitrogens with zero attached hydrogens (tertiary/aromatic N) is 3. The van der Waals surface area contributed by atoms with Gasteiger partial charge in [-0.05, 0) is 105 Å². The minimum atomic E-state index is -2.68. The van der Waals surface area contributed by atoms with Crippen LogP contribution in [0.25, 0.3) is 93.6 Å². The standard InChI is InChI=1S/C66H45N3Si/c1-5-21-46(22-6-1)68-60-35-17-14-30-56(60)65-54(32-19-37-63(65)68)55-33-20-38-64-66(55)57-31-15-18-36-61(57)69(64)48-41-44-62-58(45-48)53-29-13-16-34-59(53)67(62)47-39-42-52(43-40-47)70(49-23-7-2-8-24-49,50-25-9-3-10-26-50)51-27-11-4-12-28-51/h1-45H. The van der Waals surface area contributed by atoms with E-state index in [0.717, 1.165) is 17.1 Å². The third kappa shape index (κ3) is 5.94. The molecule has 14 aromatic rings. The first-order valence-electron chi connectivity index (χ1n) is 24.2. The molecule has 0 bridgehead atoms. The molecule has 0 aliphatic rings. The van der Waals surface area contributed by atoms with Crippen molar-refractivity contribution in [2.45, 2.75) is 0 Å². The molecule has 0 amide bonds. The van der Waals surface area contributed by atoms with E-state index < -0.39 is 8.07 Å². The van der Waals surface area contributed by atoms with Crippen molar-refractivity contribution in [2.75, 3.05) is 0 Å². The lowest BCUT2D eigenvalue weighted by Crippen LogP contribution is -2.74. The van der Waals surface area contributed by atoms with E-state index in [2.05, 4.69) is 287 Å². The van der Waals surface area contributed by atoms with Crippen LogP contribution in [0.15, 0.2) is 273 Å². The molecule has 0 atom stereocenters. The van der Waals surface area contributed by atoms with Crippen LogP contribution in [0.5, 0.6) is 0 Å². The molecule has 0 saturated heterocycles. The molecule has 0 fully saturated rings. The number of benzene rings is 11. The summed E-state index contributed by atoms with van der Waals surface area (Å²) in [5.74, 6) is 0. The van der Waals surface area contributed by atoms with Crippen molar-refractivity contribution in [3.05, 3.63) is 273 Å². The predicted molar refractivity (Wildman–Crippen MR) is 299 cm³/mol. The molecular formula is C66H45N3Si. The number of aromatic nitrogens is 3. The maximum atomic E-state index is 2.48. The van der Waals surface area contributed by atoms with Crippen LogP contribution < -0.4 is 20.7 Å². The monoisotopic (exact) mass is 907 g/mol. The lowest BCUT2D eigenvalue weighted by molar-refractivity contribution is 1.17. The summed E-state index contributed by atoms with van der Waals surface area (Å²) in [6, 6.07) is 101. The molecule has 0 aliphatic heterocycles. The second-order valence-electron chi connectivity index (χ2n) is 18.4. The Kier molecular flexibility index (Phi) is 9.23. The third-order valence-electron chi connectivity index (χ3n) is 14.8. The molecule has 0 unspecified atom stereocenters. The number of rotatable bonds is 8. The molecule has 328 valence electrons. The van der Waals surface area contributed by atoms with Gasteiger partial charge >= 0.3 is 0 Å². The highest BCUT2D eigenvalue weighted by Gasteiger charge is 2.41. The van der Waals surface area contributed by atoms with Crippen LogP contribution in [0, 0.1) is 0 Å². The van der Waals surface area contributed by atoms with Crippen LogP contribution in [0.4, 0.5) is 0 Å². The molecular weight excluding hydrogens is 863 g/mol. The average molecular weight is 908 g/mol.